The topological polar surface area (TPSA) is 43.8 Å². The molecule has 1 fully saturated rings. The Bertz CT molecular complexity index is 501. The third-order valence-electron chi connectivity index (χ3n) is 3.85. The molecule has 0 aliphatic carbocycles. The lowest BCUT2D eigenvalue weighted by Gasteiger charge is -2.39. The van der Waals surface area contributed by atoms with Gasteiger partial charge in [-0.3, -0.25) is 9.69 Å². The zero-order chi connectivity index (χ0) is 14.9. The fraction of sp³-hybridized carbons (Fsp3) is 0.533. The second-order valence-electron chi connectivity index (χ2n) is 5.60. The van der Waals surface area contributed by atoms with Crippen molar-refractivity contribution in [2.24, 2.45) is 0 Å². The van der Waals surface area contributed by atoms with E-state index in [1.807, 2.05) is 27.0 Å². The number of amides is 1. The van der Waals surface area contributed by atoms with Crippen LogP contribution in [0, 0.1) is 6.92 Å². The van der Waals surface area contributed by atoms with Crippen molar-refractivity contribution >= 4 is 17.5 Å². The molecule has 20 heavy (non-hydrogen) atoms. The smallest absolute Gasteiger partial charge is 0.253 e. The van der Waals surface area contributed by atoms with Crippen molar-refractivity contribution in [3.05, 3.63) is 34.3 Å². The summed E-state index contributed by atoms with van der Waals surface area (Å²) in [4.78, 5) is 16.3. The lowest BCUT2D eigenvalue weighted by atomic mass is 10.1. The van der Waals surface area contributed by atoms with Crippen LogP contribution in [0.15, 0.2) is 18.2 Å². The number of likely N-dealkylation sites (tertiary alicyclic amines) is 1. The van der Waals surface area contributed by atoms with E-state index < -0.39 is 0 Å². The summed E-state index contributed by atoms with van der Waals surface area (Å²) in [6, 6.07) is 5.44. The Labute approximate surface area is 124 Å². The van der Waals surface area contributed by atoms with Crippen molar-refractivity contribution in [3.8, 4) is 0 Å². The van der Waals surface area contributed by atoms with Gasteiger partial charge in [-0.15, -0.1) is 0 Å². The lowest BCUT2D eigenvalue weighted by molar-refractivity contribution is -0.00873. The molecule has 5 heteroatoms. The fourth-order valence-corrected chi connectivity index (χ4v) is 2.49. The summed E-state index contributed by atoms with van der Waals surface area (Å²) in [5.74, 6) is -0.00154. The number of carbonyl (C=O) groups excluding carboxylic acids is 1. The number of aryl methyl sites for hydroxylation is 1. The van der Waals surface area contributed by atoms with Gasteiger partial charge in [-0.1, -0.05) is 11.6 Å². The Morgan fingerprint density at radius 2 is 2.20 bits per heavy atom. The minimum Gasteiger partial charge on any atom is -0.390 e. The molecule has 110 valence electrons. The highest BCUT2D eigenvalue weighted by molar-refractivity contribution is 6.31. The van der Waals surface area contributed by atoms with E-state index >= 15 is 0 Å². The zero-order valence-electron chi connectivity index (χ0n) is 12.1. The second-order valence-corrected chi connectivity index (χ2v) is 6.01. The maximum absolute atomic E-state index is 12.4. The molecule has 1 aromatic carbocycles. The maximum atomic E-state index is 12.4. The highest BCUT2D eigenvalue weighted by atomic mass is 35.5. The molecule has 4 nitrogen and oxygen atoms in total. The molecule has 1 N–H and O–H groups in total. The van der Waals surface area contributed by atoms with Gasteiger partial charge in [0.05, 0.1) is 6.10 Å². The molecule has 1 aliphatic rings. The van der Waals surface area contributed by atoms with Crippen LogP contribution in [0.1, 0.15) is 22.8 Å². The predicted octanol–water partition coefficient (Wildman–Crippen LogP) is 1.79. The summed E-state index contributed by atoms with van der Waals surface area (Å²) in [6.07, 6.45) is -0.206. The first-order chi connectivity index (χ1) is 9.38. The third kappa shape index (κ3) is 3.32. The van der Waals surface area contributed by atoms with Gasteiger partial charge < -0.3 is 10.0 Å². The number of β-amino-alcohol motifs (C(OH)–C–C–N with tert-alkyl or cyclic N) is 1. The lowest BCUT2D eigenvalue weighted by Crippen LogP contribution is -2.55. The van der Waals surface area contributed by atoms with Crippen LogP contribution >= 0.6 is 11.6 Å². The van der Waals surface area contributed by atoms with Crippen LogP contribution in [0.25, 0.3) is 0 Å². The van der Waals surface area contributed by atoms with Crippen LogP contribution in [0.5, 0.6) is 0 Å². The van der Waals surface area contributed by atoms with Crippen LogP contribution in [0.4, 0.5) is 0 Å². The van der Waals surface area contributed by atoms with E-state index in [0.717, 1.165) is 12.1 Å². The Hall–Kier alpha value is -1.10. The van der Waals surface area contributed by atoms with Gasteiger partial charge in [0.15, 0.2) is 0 Å². The van der Waals surface area contributed by atoms with Crippen molar-refractivity contribution in [2.45, 2.75) is 26.0 Å². The monoisotopic (exact) mass is 296 g/mol. The van der Waals surface area contributed by atoms with E-state index in [9.17, 15) is 9.90 Å². The summed E-state index contributed by atoms with van der Waals surface area (Å²) in [6.45, 7) is 6.10. The molecule has 1 amide bonds. The van der Waals surface area contributed by atoms with Gasteiger partial charge in [-0.25, -0.2) is 0 Å². The molecule has 0 bridgehead atoms. The van der Waals surface area contributed by atoms with Crippen LogP contribution in [0.3, 0.4) is 0 Å². The molecule has 0 radical (unpaired) electrons. The molecule has 1 aliphatic heterocycles. The second kappa shape index (κ2) is 6.12. The number of aliphatic hydroxyl groups is 1. The Kier molecular flexibility index (Phi) is 4.68. The Balaban J connectivity index is 1.98. The average Bonchev–Trinajstić information content (AvgIpc) is 2.38. The highest BCUT2D eigenvalue weighted by Crippen LogP contribution is 2.18. The molecular formula is C15H21ClN2O2. The largest absolute Gasteiger partial charge is 0.390 e. The first-order valence-corrected chi connectivity index (χ1v) is 7.20. The summed E-state index contributed by atoms with van der Waals surface area (Å²) < 4.78 is 0. The molecule has 1 atom stereocenters. The fourth-order valence-electron chi connectivity index (χ4n) is 2.37. The molecule has 0 spiro atoms. The maximum Gasteiger partial charge on any atom is 0.253 e. The van der Waals surface area contributed by atoms with E-state index in [2.05, 4.69) is 4.90 Å². The van der Waals surface area contributed by atoms with Gasteiger partial charge >= 0.3 is 0 Å². The average molecular weight is 297 g/mol. The highest BCUT2D eigenvalue weighted by Gasteiger charge is 2.27. The van der Waals surface area contributed by atoms with Gasteiger partial charge in [-0.05, 0) is 37.6 Å². The van der Waals surface area contributed by atoms with Gasteiger partial charge in [0, 0.05) is 43.3 Å². The normalized spacial score (nSPS) is 17.6. The van der Waals surface area contributed by atoms with Gasteiger partial charge in [0.25, 0.3) is 5.91 Å². The minimum atomic E-state index is -0.206. The number of aliphatic hydroxyl groups excluding tert-OH is 1. The van der Waals surface area contributed by atoms with E-state index in [1.54, 1.807) is 17.0 Å². The minimum absolute atomic E-state index is 0.00154. The van der Waals surface area contributed by atoms with E-state index in [0.29, 0.717) is 23.7 Å². The Morgan fingerprint density at radius 1 is 1.55 bits per heavy atom. The molecule has 1 heterocycles. The van der Waals surface area contributed by atoms with E-state index in [1.165, 1.54) is 0 Å². The molecule has 1 saturated heterocycles. The van der Waals surface area contributed by atoms with Crippen molar-refractivity contribution < 1.29 is 9.90 Å². The van der Waals surface area contributed by atoms with Crippen LogP contribution in [0.2, 0.25) is 5.02 Å². The van der Waals surface area contributed by atoms with Crippen molar-refractivity contribution in [1.82, 2.24) is 9.80 Å². The van der Waals surface area contributed by atoms with Crippen molar-refractivity contribution in [2.75, 3.05) is 26.7 Å². The first-order valence-electron chi connectivity index (χ1n) is 6.82. The molecule has 1 unspecified atom stereocenters. The number of carbonyl (C=O) groups is 1. The summed E-state index contributed by atoms with van der Waals surface area (Å²) in [5, 5.41) is 9.95. The Morgan fingerprint density at radius 3 is 2.75 bits per heavy atom. The molecule has 0 saturated carbocycles. The summed E-state index contributed by atoms with van der Waals surface area (Å²) in [7, 11) is 1.81. The molecule has 1 aromatic rings. The van der Waals surface area contributed by atoms with Crippen LogP contribution in [-0.2, 0) is 0 Å². The standard InChI is InChI=1S/C15H21ClN2O2/c1-10-6-12(4-5-14(10)16)15(20)17(3)11(2)7-18-8-13(19)9-18/h4-6,11,13,19H,7-9H2,1-3H3. The molecule has 0 aromatic heterocycles. The summed E-state index contributed by atoms with van der Waals surface area (Å²) >= 11 is 5.98. The summed E-state index contributed by atoms with van der Waals surface area (Å²) in [5.41, 5.74) is 1.56. The predicted molar refractivity (Wildman–Crippen MR) is 80.2 cm³/mol. The third-order valence-corrected chi connectivity index (χ3v) is 4.27. The van der Waals surface area contributed by atoms with Crippen molar-refractivity contribution in [3.63, 3.8) is 0 Å². The number of nitrogens with zero attached hydrogens (tertiary/aromatic N) is 2. The zero-order valence-corrected chi connectivity index (χ0v) is 12.9. The van der Waals surface area contributed by atoms with Crippen LogP contribution in [-0.4, -0.2) is 59.6 Å². The van der Waals surface area contributed by atoms with E-state index in [4.69, 9.17) is 11.6 Å². The number of hydrogen-bond acceptors (Lipinski definition) is 3. The SMILES string of the molecule is Cc1cc(C(=O)N(C)C(C)CN2CC(O)C2)ccc1Cl. The number of halogens is 1. The number of likely N-dealkylation sites (N-methyl/N-ethyl adjacent to an activating group) is 1. The van der Waals surface area contributed by atoms with Crippen molar-refractivity contribution in [1.29, 1.82) is 0 Å². The quantitative estimate of drug-likeness (QED) is 0.921. The van der Waals surface area contributed by atoms with Gasteiger partial charge in [0.1, 0.15) is 0 Å². The molecule has 2 rings (SSSR count). The molecular weight excluding hydrogens is 276 g/mol. The van der Waals surface area contributed by atoms with Gasteiger partial charge in [-0.2, -0.15) is 0 Å². The first kappa shape index (κ1) is 15.3. The van der Waals surface area contributed by atoms with Crippen LogP contribution < -0.4 is 0 Å². The van der Waals surface area contributed by atoms with E-state index in [-0.39, 0.29) is 18.1 Å². The number of rotatable bonds is 4. The van der Waals surface area contributed by atoms with Gasteiger partial charge in [0.2, 0.25) is 0 Å². The number of benzene rings is 1. The number of hydrogen-bond donors (Lipinski definition) is 1.